The van der Waals surface area contributed by atoms with Gasteiger partial charge in [-0.05, 0) is 61.7 Å². The van der Waals surface area contributed by atoms with Gasteiger partial charge in [0.15, 0.2) is 0 Å². The van der Waals surface area contributed by atoms with E-state index in [-0.39, 0.29) is 28.7 Å². The normalized spacial score (nSPS) is 18.3. The van der Waals surface area contributed by atoms with Gasteiger partial charge in [0.25, 0.3) is 0 Å². The summed E-state index contributed by atoms with van der Waals surface area (Å²) in [6, 6.07) is 9.75. The number of carbonyl (C=O) groups is 1. The molecule has 10 heteroatoms. The monoisotopic (exact) mass is 527 g/mol. The second-order valence-corrected chi connectivity index (χ2v) is 9.56. The van der Waals surface area contributed by atoms with E-state index in [9.17, 15) is 20.0 Å². The summed E-state index contributed by atoms with van der Waals surface area (Å²) in [7, 11) is 0. The number of anilines is 1. The lowest BCUT2D eigenvalue weighted by atomic mass is 10.1. The summed E-state index contributed by atoms with van der Waals surface area (Å²) in [6.07, 6.45) is 0.568. The lowest BCUT2D eigenvalue weighted by molar-refractivity contribution is 0.198. The molecule has 0 saturated carbocycles. The first kappa shape index (κ1) is 21.6. The summed E-state index contributed by atoms with van der Waals surface area (Å²) in [4.78, 5) is 27.9. The molecule has 2 N–H and O–H groups in total. The van der Waals surface area contributed by atoms with Gasteiger partial charge in [0.2, 0.25) is 5.88 Å². The van der Waals surface area contributed by atoms with Crippen LogP contribution in [0, 0.1) is 25.2 Å². The molecule has 0 radical (unpaired) electrons. The second-order valence-electron chi connectivity index (χ2n) is 8.33. The molecule has 3 aromatic rings. The highest BCUT2D eigenvalue weighted by Crippen LogP contribution is 2.49. The quantitative estimate of drug-likeness (QED) is 0.499. The van der Waals surface area contributed by atoms with Crippen molar-refractivity contribution in [2.75, 3.05) is 11.9 Å². The van der Waals surface area contributed by atoms with E-state index in [1.807, 2.05) is 31.2 Å². The van der Waals surface area contributed by atoms with Gasteiger partial charge in [-0.1, -0.05) is 27.5 Å². The van der Waals surface area contributed by atoms with E-state index < -0.39 is 6.04 Å². The molecule has 2 unspecified atom stereocenters. The standard InChI is InChI=1S/C23H19BrClN5O3/c1-11-7-14(4-5-16(11)24)27-22(32)28-10-15-8-18(28)20-21(31)30(23(33)29(15)20)17-6-3-13(9-26)19(25)12(17)2/h3-7,15,18,31H,8,10H2,1-2H3,(H,27,32). The van der Waals surface area contributed by atoms with Crippen LogP contribution in [-0.2, 0) is 0 Å². The number of hydrogen-bond donors (Lipinski definition) is 2. The maximum atomic E-state index is 13.3. The molecule has 1 aromatic heterocycles. The topological polar surface area (TPSA) is 103 Å². The van der Waals surface area contributed by atoms with Gasteiger partial charge in [-0.15, -0.1) is 0 Å². The fourth-order valence-electron chi connectivity index (χ4n) is 4.81. The number of aromatic hydroxyl groups is 1. The molecule has 2 atom stereocenters. The van der Waals surface area contributed by atoms with Gasteiger partial charge in [-0.3, -0.25) is 4.57 Å². The molecule has 168 valence electrons. The fourth-order valence-corrected chi connectivity index (χ4v) is 5.26. The molecule has 0 spiro atoms. The Morgan fingerprint density at radius 3 is 2.76 bits per heavy atom. The third-order valence-electron chi connectivity index (χ3n) is 6.45. The molecule has 2 aromatic carbocycles. The fraction of sp³-hybridized carbons (Fsp3) is 0.261. The van der Waals surface area contributed by atoms with Crippen LogP contribution in [0.2, 0.25) is 5.02 Å². The van der Waals surface area contributed by atoms with Gasteiger partial charge >= 0.3 is 11.7 Å². The summed E-state index contributed by atoms with van der Waals surface area (Å²) in [5.41, 5.74) is 2.92. The number of urea groups is 1. The number of nitrogens with one attached hydrogen (secondary N) is 1. The van der Waals surface area contributed by atoms with Crippen molar-refractivity contribution in [1.29, 1.82) is 5.26 Å². The van der Waals surface area contributed by atoms with E-state index in [1.165, 1.54) is 10.6 Å². The maximum Gasteiger partial charge on any atom is 0.336 e. The minimum atomic E-state index is -0.422. The zero-order valence-electron chi connectivity index (χ0n) is 17.8. The molecule has 2 amide bonds. The molecule has 33 heavy (non-hydrogen) atoms. The highest BCUT2D eigenvalue weighted by molar-refractivity contribution is 9.10. The molecular weight excluding hydrogens is 510 g/mol. The van der Waals surface area contributed by atoms with Gasteiger partial charge in [-0.25, -0.2) is 14.2 Å². The van der Waals surface area contributed by atoms with Crippen molar-refractivity contribution in [2.24, 2.45) is 0 Å². The Labute approximate surface area is 202 Å². The Morgan fingerprint density at radius 2 is 2.06 bits per heavy atom. The van der Waals surface area contributed by atoms with E-state index in [1.54, 1.807) is 22.5 Å². The minimum absolute atomic E-state index is 0.214. The maximum absolute atomic E-state index is 13.3. The van der Waals surface area contributed by atoms with Crippen LogP contribution in [0.5, 0.6) is 5.88 Å². The van der Waals surface area contributed by atoms with Crippen LogP contribution >= 0.6 is 27.5 Å². The number of aromatic nitrogens is 2. The number of rotatable bonds is 2. The number of nitriles is 1. The van der Waals surface area contributed by atoms with E-state index in [4.69, 9.17) is 11.6 Å². The van der Waals surface area contributed by atoms with Crippen LogP contribution in [0.25, 0.3) is 5.69 Å². The Kier molecular flexibility index (Phi) is 5.03. The molecule has 1 fully saturated rings. The predicted molar refractivity (Wildman–Crippen MR) is 127 cm³/mol. The molecule has 8 nitrogen and oxygen atoms in total. The number of amides is 2. The molecule has 1 saturated heterocycles. The van der Waals surface area contributed by atoms with Crippen LogP contribution in [0.4, 0.5) is 10.5 Å². The molecule has 5 rings (SSSR count). The van der Waals surface area contributed by atoms with Crippen LogP contribution in [-0.4, -0.2) is 31.7 Å². The van der Waals surface area contributed by atoms with Gasteiger partial charge in [0, 0.05) is 16.7 Å². The Balaban J connectivity index is 1.50. The summed E-state index contributed by atoms with van der Waals surface area (Å²) >= 11 is 9.74. The zero-order chi connectivity index (χ0) is 23.6. The first-order chi connectivity index (χ1) is 15.7. The number of benzene rings is 2. The summed E-state index contributed by atoms with van der Waals surface area (Å²) in [5.74, 6) is -0.214. The minimum Gasteiger partial charge on any atom is -0.493 e. The van der Waals surface area contributed by atoms with E-state index in [2.05, 4.69) is 21.2 Å². The third kappa shape index (κ3) is 3.16. The molecule has 2 aliphatic rings. The van der Waals surface area contributed by atoms with Crippen molar-refractivity contribution in [3.63, 3.8) is 0 Å². The third-order valence-corrected chi connectivity index (χ3v) is 7.82. The van der Waals surface area contributed by atoms with Crippen LogP contribution in [0.3, 0.4) is 0 Å². The van der Waals surface area contributed by atoms with Gasteiger partial charge in [-0.2, -0.15) is 5.26 Å². The number of fused-ring (bicyclic) bond motifs is 5. The lowest BCUT2D eigenvalue weighted by Gasteiger charge is -2.27. The molecular formula is C23H19BrClN5O3. The summed E-state index contributed by atoms with van der Waals surface area (Å²) < 4.78 is 3.73. The van der Waals surface area contributed by atoms with Crippen molar-refractivity contribution in [3.05, 3.63) is 72.7 Å². The Bertz CT molecular complexity index is 1440. The van der Waals surface area contributed by atoms with Crippen molar-refractivity contribution in [3.8, 4) is 17.6 Å². The first-order valence-corrected chi connectivity index (χ1v) is 11.5. The number of nitrogens with zero attached hydrogens (tertiary/aromatic N) is 4. The second kappa shape index (κ2) is 7.68. The van der Waals surface area contributed by atoms with Crippen LogP contribution < -0.4 is 11.0 Å². The number of likely N-dealkylation sites (tertiary alicyclic amines) is 1. The van der Waals surface area contributed by atoms with Crippen molar-refractivity contribution in [2.45, 2.75) is 32.4 Å². The summed E-state index contributed by atoms with van der Waals surface area (Å²) in [6.45, 7) is 4.01. The molecule has 0 aliphatic carbocycles. The highest BCUT2D eigenvalue weighted by Gasteiger charge is 2.49. The lowest BCUT2D eigenvalue weighted by Crippen LogP contribution is -2.40. The number of halogens is 2. The van der Waals surface area contributed by atoms with E-state index in [0.29, 0.717) is 41.2 Å². The van der Waals surface area contributed by atoms with E-state index >= 15 is 0 Å². The molecule has 3 heterocycles. The first-order valence-electron chi connectivity index (χ1n) is 10.3. The summed E-state index contributed by atoms with van der Waals surface area (Å²) in [5, 5.41) is 23.4. The average molecular weight is 529 g/mol. The number of hydrogen-bond acceptors (Lipinski definition) is 4. The van der Waals surface area contributed by atoms with Crippen molar-refractivity contribution >= 4 is 39.2 Å². The van der Waals surface area contributed by atoms with Crippen molar-refractivity contribution < 1.29 is 9.90 Å². The van der Waals surface area contributed by atoms with Crippen molar-refractivity contribution in [1.82, 2.24) is 14.0 Å². The SMILES string of the molecule is Cc1cc(NC(=O)N2CC3CC2c2c(O)n(-c4ccc(C#N)c(Cl)c4C)c(=O)n23)ccc1Br. The van der Waals surface area contributed by atoms with Gasteiger partial charge < -0.3 is 15.3 Å². The Morgan fingerprint density at radius 1 is 1.30 bits per heavy atom. The number of aryl methyl sites for hydroxylation is 1. The van der Waals surface area contributed by atoms with Gasteiger partial charge in [0.1, 0.15) is 11.8 Å². The smallest absolute Gasteiger partial charge is 0.336 e. The van der Waals surface area contributed by atoms with E-state index in [0.717, 1.165) is 10.0 Å². The molecule has 2 bridgehead atoms. The van der Waals surface area contributed by atoms with Crippen LogP contribution in [0.15, 0.2) is 39.6 Å². The largest absolute Gasteiger partial charge is 0.493 e. The Hall–Kier alpha value is -3.22. The zero-order valence-corrected chi connectivity index (χ0v) is 20.1. The van der Waals surface area contributed by atoms with Gasteiger partial charge in [0.05, 0.1) is 28.4 Å². The highest BCUT2D eigenvalue weighted by atomic mass is 79.9. The number of imidazole rings is 1. The van der Waals surface area contributed by atoms with Crippen LogP contribution in [0.1, 0.15) is 40.9 Å². The molecule has 2 aliphatic heterocycles. The number of carbonyl (C=O) groups excluding carboxylic acids is 1. The average Bonchev–Trinajstić information content (AvgIpc) is 3.45. The predicted octanol–water partition coefficient (Wildman–Crippen LogP) is 4.78.